The topological polar surface area (TPSA) is 79.9 Å². The SMILES string of the molecule is COc1ccc(CCNC(=O)NCC#Cc2ccc(N3CCOC3=O)cc2)cc1. The van der Waals surface area contributed by atoms with Gasteiger partial charge >= 0.3 is 12.1 Å². The van der Waals surface area contributed by atoms with Gasteiger partial charge in [0.15, 0.2) is 0 Å². The molecular weight excluding hydrogens is 370 g/mol. The molecule has 0 atom stereocenters. The smallest absolute Gasteiger partial charge is 0.414 e. The van der Waals surface area contributed by atoms with E-state index in [1.165, 1.54) is 0 Å². The third kappa shape index (κ3) is 5.91. The number of ether oxygens (including phenoxy) is 2. The van der Waals surface area contributed by atoms with Crippen molar-refractivity contribution >= 4 is 17.8 Å². The van der Waals surface area contributed by atoms with Crippen molar-refractivity contribution in [2.24, 2.45) is 0 Å². The summed E-state index contributed by atoms with van der Waals surface area (Å²) in [5, 5.41) is 5.51. The van der Waals surface area contributed by atoms with Crippen LogP contribution in [0, 0.1) is 11.8 Å². The third-order valence-electron chi connectivity index (χ3n) is 4.37. The summed E-state index contributed by atoms with van der Waals surface area (Å²) < 4.78 is 10.0. The van der Waals surface area contributed by atoms with Crippen LogP contribution in [0.3, 0.4) is 0 Å². The van der Waals surface area contributed by atoms with Crippen LogP contribution >= 0.6 is 0 Å². The number of hydrogen-bond donors (Lipinski definition) is 2. The largest absolute Gasteiger partial charge is 0.497 e. The Labute approximate surface area is 170 Å². The fraction of sp³-hybridized carbons (Fsp3) is 0.273. The molecule has 1 aliphatic rings. The first-order valence-corrected chi connectivity index (χ1v) is 9.33. The van der Waals surface area contributed by atoms with Gasteiger partial charge in [-0.1, -0.05) is 24.0 Å². The van der Waals surface area contributed by atoms with Crippen molar-refractivity contribution in [3.63, 3.8) is 0 Å². The van der Waals surface area contributed by atoms with Crippen LogP contribution in [-0.2, 0) is 11.2 Å². The molecule has 0 aromatic heterocycles. The lowest BCUT2D eigenvalue weighted by Gasteiger charge is -2.11. The van der Waals surface area contributed by atoms with E-state index < -0.39 is 0 Å². The van der Waals surface area contributed by atoms with E-state index in [-0.39, 0.29) is 18.7 Å². The number of rotatable bonds is 6. The second-order valence-corrected chi connectivity index (χ2v) is 6.32. The first-order chi connectivity index (χ1) is 14.2. The fourth-order valence-corrected chi connectivity index (χ4v) is 2.80. The molecule has 0 spiro atoms. The Morgan fingerprint density at radius 3 is 2.55 bits per heavy atom. The second kappa shape index (κ2) is 10.0. The van der Waals surface area contributed by atoms with Crippen LogP contribution < -0.4 is 20.3 Å². The molecule has 1 saturated heterocycles. The van der Waals surface area contributed by atoms with Crippen LogP contribution in [0.25, 0.3) is 0 Å². The van der Waals surface area contributed by atoms with Gasteiger partial charge in [-0.25, -0.2) is 9.59 Å². The van der Waals surface area contributed by atoms with Gasteiger partial charge in [-0.2, -0.15) is 0 Å². The number of carbonyl (C=O) groups excluding carboxylic acids is 2. The predicted molar refractivity (Wildman–Crippen MR) is 110 cm³/mol. The maximum Gasteiger partial charge on any atom is 0.414 e. The molecule has 29 heavy (non-hydrogen) atoms. The molecule has 7 nitrogen and oxygen atoms in total. The molecule has 3 amide bonds. The van der Waals surface area contributed by atoms with Gasteiger partial charge in [-0.3, -0.25) is 4.90 Å². The molecule has 7 heteroatoms. The molecule has 1 aliphatic heterocycles. The number of anilines is 1. The second-order valence-electron chi connectivity index (χ2n) is 6.32. The molecule has 2 aromatic carbocycles. The minimum atomic E-state index is -0.328. The monoisotopic (exact) mass is 393 g/mol. The van der Waals surface area contributed by atoms with Gasteiger partial charge < -0.3 is 20.1 Å². The number of nitrogens with zero attached hydrogens (tertiary/aromatic N) is 1. The Morgan fingerprint density at radius 2 is 1.90 bits per heavy atom. The zero-order valence-electron chi connectivity index (χ0n) is 16.2. The van der Waals surface area contributed by atoms with Gasteiger partial charge in [0.1, 0.15) is 12.4 Å². The molecule has 2 aromatic rings. The van der Waals surface area contributed by atoms with Crippen LogP contribution in [0.5, 0.6) is 5.75 Å². The van der Waals surface area contributed by atoms with Crippen molar-refractivity contribution in [3.8, 4) is 17.6 Å². The number of cyclic esters (lactones) is 1. The molecule has 1 heterocycles. The highest BCUT2D eigenvalue weighted by Gasteiger charge is 2.23. The predicted octanol–water partition coefficient (Wildman–Crippen LogP) is 2.55. The molecule has 3 rings (SSSR count). The molecule has 0 radical (unpaired) electrons. The minimum Gasteiger partial charge on any atom is -0.497 e. The van der Waals surface area contributed by atoms with Crippen molar-refractivity contribution in [2.45, 2.75) is 6.42 Å². The Kier molecular flexibility index (Phi) is 6.95. The summed E-state index contributed by atoms with van der Waals surface area (Å²) in [5.74, 6) is 6.70. The summed E-state index contributed by atoms with van der Waals surface area (Å²) in [6, 6.07) is 14.8. The molecule has 0 unspecified atom stereocenters. The number of hydrogen-bond acceptors (Lipinski definition) is 4. The maximum absolute atomic E-state index is 11.8. The zero-order valence-corrected chi connectivity index (χ0v) is 16.2. The zero-order chi connectivity index (χ0) is 20.5. The van der Waals surface area contributed by atoms with Crippen LogP contribution in [0.15, 0.2) is 48.5 Å². The summed E-state index contributed by atoms with van der Waals surface area (Å²) >= 11 is 0. The van der Waals surface area contributed by atoms with Crippen molar-refractivity contribution in [1.82, 2.24) is 10.6 Å². The highest BCUT2D eigenvalue weighted by atomic mass is 16.6. The van der Waals surface area contributed by atoms with E-state index in [0.29, 0.717) is 19.7 Å². The molecule has 2 N–H and O–H groups in total. The van der Waals surface area contributed by atoms with Crippen molar-refractivity contribution in [1.29, 1.82) is 0 Å². The lowest BCUT2D eigenvalue weighted by Crippen LogP contribution is -2.36. The maximum atomic E-state index is 11.8. The van der Waals surface area contributed by atoms with Gasteiger partial charge in [-0.15, -0.1) is 0 Å². The normalized spacial score (nSPS) is 12.6. The highest BCUT2D eigenvalue weighted by Crippen LogP contribution is 2.18. The molecule has 0 saturated carbocycles. The van der Waals surface area contributed by atoms with Gasteiger partial charge in [-0.05, 0) is 48.4 Å². The molecule has 0 bridgehead atoms. The van der Waals surface area contributed by atoms with E-state index in [9.17, 15) is 9.59 Å². The molecular formula is C22H23N3O4. The lowest BCUT2D eigenvalue weighted by molar-refractivity contribution is 0.181. The fourth-order valence-electron chi connectivity index (χ4n) is 2.80. The summed E-state index contributed by atoms with van der Waals surface area (Å²) in [7, 11) is 1.63. The molecule has 0 aliphatic carbocycles. The van der Waals surface area contributed by atoms with Crippen LogP contribution in [0.4, 0.5) is 15.3 Å². The highest BCUT2D eigenvalue weighted by molar-refractivity contribution is 5.89. The first-order valence-electron chi connectivity index (χ1n) is 9.33. The number of methoxy groups -OCH3 is 1. The van der Waals surface area contributed by atoms with Crippen LogP contribution in [0.1, 0.15) is 11.1 Å². The van der Waals surface area contributed by atoms with E-state index in [4.69, 9.17) is 9.47 Å². The average Bonchev–Trinajstić information content (AvgIpc) is 3.18. The summed E-state index contributed by atoms with van der Waals surface area (Å²) in [4.78, 5) is 24.9. The van der Waals surface area contributed by atoms with Crippen molar-refractivity contribution < 1.29 is 19.1 Å². The Hall–Kier alpha value is -3.66. The standard InChI is InChI=1S/C22H23N3O4/c1-28-20-10-6-18(7-11-20)12-14-24-21(26)23-13-2-3-17-4-8-19(9-5-17)25-15-16-29-22(25)27/h4-11H,12-16H2,1H3,(H2,23,24,26). The third-order valence-corrected chi connectivity index (χ3v) is 4.37. The van der Waals surface area contributed by atoms with Crippen molar-refractivity contribution in [2.75, 3.05) is 38.3 Å². The number of benzene rings is 2. The van der Waals surface area contributed by atoms with E-state index in [1.807, 2.05) is 48.5 Å². The Morgan fingerprint density at radius 1 is 1.14 bits per heavy atom. The number of urea groups is 1. The van der Waals surface area contributed by atoms with Gasteiger partial charge in [0.2, 0.25) is 0 Å². The van der Waals surface area contributed by atoms with E-state index in [1.54, 1.807) is 12.0 Å². The number of amides is 3. The van der Waals surface area contributed by atoms with Gasteiger partial charge in [0.25, 0.3) is 0 Å². The van der Waals surface area contributed by atoms with Gasteiger partial charge in [0, 0.05) is 17.8 Å². The summed E-state index contributed by atoms with van der Waals surface area (Å²) in [6.07, 6.45) is 0.408. The van der Waals surface area contributed by atoms with Crippen LogP contribution in [-0.4, -0.2) is 45.5 Å². The van der Waals surface area contributed by atoms with E-state index in [2.05, 4.69) is 22.5 Å². The molecule has 150 valence electrons. The quantitative estimate of drug-likeness (QED) is 0.740. The van der Waals surface area contributed by atoms with Gasteiger partial charge in [0.05, 0.1) is 20.2 Å². The minimum absolute atomic E-state index is 0.245. The Balaban J connectivity index is 1.36. The number of nitrogens with one attached hydrogen (secondary N) is 2. The molecule has 1 fully saturated rings. The van der Waals surface area contributed by atoms with E-state index in [0.717, 1.165) is 29.0 Å². The lowest BCUT2D eigenvalue weighted by atomic mass is 10.1. The first kappa shape index (κ1) is 20.1. The van der Waals surface area contributed by atoms with Crippen molar-refractivity contribution in [3.05, 3.63) is 59.7 Å². The summed E-state index contributed by atoms with van der Waals surface area (Å²) in [6.45, 7) is 1.75. The van der Waals surface area contributed by atoms with E-state index >= 15 is 0 Å². The van der Waals surface area contributed by atoms with Crippen LogP contribution in [0.2, 0.25) is 0 Å². The average molecular weight is 393 g/mol. The number of carbonyl (C=O) groups is 2. The summed E-state index contributed by atoms with van der Waals surface area (Å²) in [5.41, 5.74) is 2.71. The Bertz CT molecular complexity index is 898.